The number of aryl methyl sites for hydroxylation is 3. The molecule has 2 atom stereocenters. The Hall–Kier alpha value is -1.84. The summed E-state index contributed by atoms with van der Waals surface area (Å²) in [5, 5.41) is 3.28. The molecular weight excluding hydrogens is 264 g/mol. The highest BCUT2D eigenvalue weighted by molar-refractivity contribution is 6.07. The number of hydrogen-bond donors (Lipinski definition) is 1. The fourth-order valence-corrected chi connectivity index (χ4v) is 2.99. The summed E-state index contributed by atoms with van der Waals surface area (Å²) < 4.78 is 0. The van der Waals surface area contributed by atoms with Crippen LogP contribution < -0.4 is 5.32 Å². The third-order valence-electron chi connectivity index (χ3n) is 4.21. The summed E-state index contributed by atoms with van der Waals surface area (Å²) in [6.45, 7) is 10.0. The Kier molecular flexibility index (Phi) is 4.35. The molecule has 0 aromatic heterocycles. The zero-order valence-corrected chi connectivity index (χ0v) is 13.5. The van der Waals surface area contributed by atoms with E-state index in [1.54, 1.807) is 0 Å². The molecule has 0 aliphatic carbocycles. The van der Waals surface area contributed by atoms with E-state index in [1.807, 2.05) is 27.7 Å². The first-order valence-electron chi connectivity index (χ1n) is 7.55. The zero-order chi connectivity index (χ0) is 15.7. The molecule has 1 aromatic rings. The minimum absolute atomic E-state index is 0.0305. The molecule has 4 heteroatoms. The van der Waals surface area contributed by atoms with Crippen LogP contribution in [0.15, 0.2) is 12.1 Å². The quantitative estimate of drug-likeness (QED) is 0.867. The van der Waals surface area contributed by atoms with Gasteiger partial charge in [-0.05, 0) is 45.2 Å². The van der Waals surface area contributed by atoms with Crippen molar-refractivity contribution in [3.05, 3.63) is 28.8 Å². The number of hydrogen-bond acceptors (Lipinski definition) is 3. The van der Waals surface area contributed by atoms with Crippen molar-refractivity contribution in [1.29, 1.82) is 0 Å². The van der Waals surface area contributed by atoms with Gasteiger partial charge in [-0.25, -0.2) is 0 Å². The first-order chi connectivity index (χ1) is 9.85. The summed E-state index contributed by atoms with van der Waals surface area (Å²) in [5.74, 6) is -0.178. The summed E-state index contributed by atoms with van der Waals surface area (Å²) in [6, 6.07) is 3.70. The molecule has 0 spiro atoms. The first kappa shape index (κ1) is 15.5. The lowest BCUT2D eigenvalue weighted by molar-refractivity contribution is -0.140. The summed E-state index contributed by atoms with van der Waals surface area (Å²) in [4.78, 5) is 25.9. The van der Waals surface area contributed by atoms with Crippen molar-refractivity contribution in [3.8, 4) is 0 Å². The van der Waals surface area contributed by atoms with Gasteiger partial charge in [0, 0.05) is 11.7 Å². The first-order valence-corrected chi connectivity index (χ1v) is 7.55. The molecule has 114 valence electrons. The Labute approximate surface area is 126 Å². The van der Waals surface area contributed by atoms with E-state index in [0.29, 0.717) is 0 Å². The van der Waals surface area contributed by atoms with E-state index in [4.69, 9.17) is 0 Å². The Bertz CT molecular complexity index is 557. The van der Waals surface area contributed by atoms with Crippen LogP contribution in [0.5, 0.6) is 0 Å². The summed E-state index contributed by atoms with van der Waals surface area (Å²) in [7, 11) is 0. The molecule has 1 aliphatic heterocycles. The van der Waals surface area contributed by atoms with E-state index in [-0.39, 0.29) is 24.3 Å². The number of imide groups is 1. The maximum Gasteiger partial charge on any atom is 0.252 e. The third-order valence-corrected chi connectivity index (χ3v) is 4.21. The van der Waals surface area contributed by atoms with Crippen LogP contribution in [0.25, 0.3) is 0 Å². The van der Waals surface area contributed by atoms with E-state index in [1.165, 1.54) is 10.5 Å². The molecule has 2 amide bonds. The van der Waals surface area contributed by atoms with Crippen LogP contribution in [0, 0.1) is 20.8 Å². The lowest BCUT2D eigenvalue weighted by Crippen LogP contribution is -2.40. The molecule has 1 aliphatic rings. The normalized spacial score (nSPS) is 20.0. The predicted octanol–water partition coefficient (Wildman–Crippen LogP) is 2.95. The lowest BCUT2D eigenvalue weighted by atomic mass is 10.0. The number of likely N-dealkylation sites (tertiary alicyclic amines) is 1. The number of amides is 2. The molecule has 2 unspecified atom stereocenters. The minimum Gasteiger partial charge on any atom is -0.373 e. The maximum atomic E-state index is 12.5. The molecule has 1 N–H and O–H groups in total. The highest BCUT2D eigenvalue weighted by Crippen LogP contribution is 2.26. The third kappa shape index (κ3) is 2.94. The highest BCUT2D eigenvalue weighted by Gasteiger charge is 2.40. The average Bonchev–Trinajstić information content (AvgIpc) is 2.68. The predicted molar refractivity (Wildman–Crippen MR) is 84.3 cm³/mol. The summed E-state index contributed by atoms with van der Waals surface area (Å²) in [5.41, 5.74) is 4.38. The van der Waals surface area contributed by atoms with E-state index in [9.17, 15) is 9.59 Å². The number of carbonyl (C=O) groups excluding carboxylic acids is 2. The van der Waals surface area contributed by atoms with Gasteiger partial charge in [-0.15, -0.1) is 0 Å². The number of carbonyl (C=O) groups is 2. The molecule has 21 heavy (non-hydrogen) atoms. The van der Waals surface area contributed by atoms with Gasteiger partial charge in [0.2, 0.25) is 5.91 Å². The molecule has 2 rings (SSSR count). The minimum atomic E-state index is -0.438. The topological polar surface area (TPSA) is 49.4 Å². The van der Waals surface area contributed by atoms with Crippen molar-refractivity contribution in [1.82, 2.24) is 4.90 Å². The van der Waals surface area contributed by atoms with Gasteiger partial charge in [-0.2, -0.15) is 0 Å². The van der Waals surface area contributed by atoms with Crippen LogP contribution in [0.4, 0.5) is 5.69 Å². The van der Waals surface area contributed by atoms with Crippen molar-refractivity contribution in [2.75, 3.05) is 5.32 Å². The Morgan fingerprint density at radius 1 is 1.24 bits per heavy atom. The van der Waals surface area contributed by atoms with Crippen molar-refractivity contribution in [2.24, 2.45) is 0 Å². The maximum absolute atomic E-state index is 12.5. The van der Waals surface area contributed by atoms with Crippen LogP contribution in [-0.4, -0.2) is 28.8 Å². The van der Waals surface area contributed by atoms with Crippen molar-refractivity contribution in [3.63, 3.8) is 0 Å². The van der Waals surface area contributed by atoms with Crippen LogP contribution in [0.3, 0.4) is 0 Å². The van der Waals surface area contributed by atoms with Crippen molar-refractivity contribution in [2.45, 2.75) is 59.5 Å². The fraction of sp³-hybridized carbons (Fsp3) is 0.529. The van der Waals surface area contributed by atoms with Gasteiger partial charge in [0.15, 0.2) is 0 Å². The van der Waals surface area contributed by atoms with Gasteiger partial charge >= 0.3 is 0 Å². The van der Waals surface area contributed by atoms with Crippen LogP contribution in [0.2, 0.25) is 0 Å². The lowest BCUT2D eigenvalue weighted by Gasteiger charge is -2.22. The molecular formula is C17H24N2O2. The van der Waals surface area contributed by atoms with Crippen LogP contribution in [-0.2, 0) is 9.59 Å². The molecule has 1 heterocycles. The van der Waals surface area contributed by atoms with Gasteiger partial charge in [0.05, 0.1) is 6.42 Å². The van der Waals surface area contributed by atoms with Crippen molar-refractivity contribution < 1.29 is 9.59 Å². The molecule has 4 nitrogen and oxygen atoms in total. The van der Waals surface area contributed by atoms with Crippen LogP contribution >= 0.6 is 0 Å². The van der Waals surface area contributed by atoms with Gasteiger partial charge in [-0.1, -0.05) is 24.6 Å². The second-order valence-corrected chi connectivity index (χ2v) is 6.03. The molecule has 1 fully saturated rings. The van der Waals surface area contributed by atoms with E-state index in [0.717, 1.165) is 23.2 Å². The molecule has 0 radical (unpaired) electrons. The monoisotopic (exact) mass is 288 g/mol. The fourth-order valence-electron chi connectivity index (χ4n) is 2.99. The molecule has 1 saturated heterocycles. The SMILES string of the molecule is CCC(C)N1C(=O)CC(Nc2c(C)cc(C)cc2C)C1=O. The second kappa shape index (κ2) is 5.88. The van der Waals surface area contributed by atoms with Crippen molar-refractivity contribution >= 4 is 17.5 Å². The molecule has 0 bridgehead atoms. The zero-order valence-electron chi connectivity index (χ0n) is 13.5. The number of rotatable bonds is 4. The van der Waals surface area contributed by atoms with E-state index < -0.39 is 6.04 Å². The number of nitrogens with zero attached hydrogens (tertiary/aromatic N) is 1. The number of anilines is 1. The number of nitrogens with one attached hydrogen (secondary N) is 1. The Balaban J connectivity index is 2.22. The van der Waals surface area contributed by atoms with E-state index >= 15 is 0 Å². The highest BCUT2D eigenvalue weighted by atomic mass is 16.2. The van der Waals surface area contributed by atoms with Gasteiger partial charge in [-0.3, -0.25) is 14.5 Å². The Morgan fingerprint density at radius 2 is 1.81 bits per heavy atom. The average molecular weight is 288 g/mol. The second-order valence-electron chi connectivity index (χ2n) is 6.03. The summed E-state index contributed by atoms with van der Waals surface area (Å²) in [6.07, 6.45) is 1.03. The Morgan fingerprint density at radius 3 is 2.33 bits per heavy atom. The van der Waals surface area contributed by atoms with E-state index in [2.05, 4.69) is 24.4 Å². The van der Waals surface area contributed by atoms with Gasteiger partial charge in [0.1, 0.15) is 6.04 Å². The van der Waals surface area contributed by atoms with Gasteiger partial charge in [0.25, 0.3) is 5.91 Å². The standard InChI is InChI=1S/C17H24N2O2/c1-6-13(5)19-15(20)9-14(17(19)21)18-16-11(3)7-10(2)8-12(16)4/h7-8,13-14,18H,6,9H2,1-5H3. The largest absolute Gasteiger partial charge is 0.373 e. The molecule has 0 saturated carbocycles. The number of benzene rings is 1. The molecule has 1 aromatic carbocycles. The van der Waals surface area contributed by atoms with Gasteiger partial charge < -0.3 is 5.32 Å². The van der Waals surface area contributed by atoms with Crippen LogP contribution in [0.1, 0.15) is 43.4 Å². The smallest absolute Gasteiger partial charge is 0.252 e. The summed E-state index contributed by atoms with van der Waals surface area (Å²) >= 11 is 0.